The Kier molecular flexibility index (Phi) is 8.02. The maximum Gasteiger partial charge on any atom is 0.573 e. The molecule has 7 heteroatoms. The van der Waals surface area contributed by atoms with E-state index in [0.29, 0.717) is 29.0 Å². The Morgan fingerprint density at radius 1 is 0.800 bits per heavy atom. The first-order chi connectivity index (χ1) is 16.6. The first-order valence-electron chi connectivity index (χ1n) is 12.7. The lowest BCUT2D eigenvalue weighted by Crippen LogP contribution is -2.20. The fourth-order valence-corrected chi connectivity index (χ4v) is 5.90. The van der Waals surface area contributed by atoms with Crippen LogP contribution in [0.25, 0.3) is 0 Å². The van der Waals surface area contributed by atoms with Gasteiger partial charge in [0.1, 0.15) is 11.6 Å². The Hall–Kier alpha value is -2.18. The Labute approximate surface area is 202 Å². The molecule has 0 N–H and O–H groups in total. The van der Waals surface area contributed by atoms with Crippen LogP contribution in [0.1, 0.15) is 98.8 Å². The summed E-state index contributed by atoms with van der Waals surface area (Å²) in [7, 11) is 0. The topological polar surface area (TPSA) is 9.23 Å². The average Bonchev–Trinajstić information content (AvgIpc) is 2.79. The number of ether oxygens (including phenoxy) is 1. The smallest absolute Gasteiger partial charge is 0.403 e. The summed E-state index contributed by atoms with van der Waals surface area (Å²) in [6.07, 6.45) is 4.80. The quantitative estimate of drug-likeness (QED) is 0.273. The summed E-state index contributed by atoms with van der Waals surface area (Å²) in [5.41, 5.74) is 1.66. The number of rotatable bonds is 7. The minimum atomic E-state index is -4.99. The minimum absolute atomic E-state index is 0.0105. The van der Waals surface area contributed by atoms with E-state index < -0.39 is 35.5 Å². The monoisotopic (exact) mass is 498 g/mol. The summed E-state index contributed by atoms with van der Waals surface area (Å²) in [5, 5.41) is 0. The van der Waals surface area contributed by atoms with Crippen molar-refractivity contribution in [1.29, 1.82) is 0 Å². The fraction of sp³-hybridized carbons (Fsp3) is 0.571. The molecule has 1 saturated carbocycles. The maximum absolute atomic E-state index is 15.2. The Morgan fingerprint density at radius 2 is 1.49 bits per heavy atom. The van der Waals surface area contributed by atoms with Crippen molar-refractivity contribution in [2.24, 2.45) is 5.92 Å². The molecule has 2 aliphatic carbocycles. The molecule has 0 heterocycles. The van der Waals surface area contributed by atoms with E-state index >= 15 is 8.78 Å². The molecule has 2 aromatic rings. The Morgan fingerprint density at radius 3 is 2.11 bits per heavy atom. The lowest BCUT2D eigenvalue weighted by molar-refractivity contribution is -0.275. The van der Waals surface area contributed by atoms with Crippen LogP contribution in [-0.4, -0.2) is 6.36 Å². The van der Waals surface area contributed by atoms with Gasteiger partial charge in [0.05, 0.1) is 0 Å². The number of halogens is 6. The molecule has 1 unspecified atom stereocenters. The summed E-state index contributed by atoms with van der Waals surface area (Å²) in [5.74, 6) is -2.83. The van der Waals surface area contributed by atoms with Crippen molar-refractivity contribution in [1.82, 2.24) is 0 Å². The average molecular weight is 499 g/mol. The van der Waals surface area contributed by atoms with Gasteiger partial charge in [-0.3, -0.25) is 0 Å². The molecule has 1 atom stereocenters. The van der Waals surface area contributed by atoms with Gasteiger partial charge in [0.2, 0.25) is 0 Å². The maximum atomic E-state index is 15.2. The minimum Gasteiger partial charge on any atom is -0.403 e. The third-order valence-electron chi connectivity index (χ3n) is 7.75. The van der Waals surface area contributed by atoms with Crippen LogP contribution in [0.2, 0.25) is 0 Å². The number of hydrogen-bond donors (Lipinski definition) is 0. The van der Waals surface area contributed by atoms with E-state index in [-0.39, 0.29) is 24.3 Å². The second-order valence-electron chi connectivity index (χ2n) is 10.2. The third kappa shape index (κ3) is 6.34. The highest BCUT2D eigenvalue weighted by molar-refractivity contribution is 5.41. The predicted molar refractivity (Wildman–Crippen MR) is 123 cm³/mol. The van der Waals surface area contributed by atoms with E-state index in [0.717, 1.165) is 37.8 Å². The predicted octanol–water partition coefficient (Wildman–Crippen LogP) is 9.13. The van der Waals surface area contributed by atoms with E-state index in [1.54, 1.807) is 0 Å². The van der Waals surface area contributed by atoms with E-state index in [1.807, 2.05) is 0 Å². The van der Waals surface area contributed by atoms with Gasteiger partial charge in [-0.2, -0.15) is 0 Å². The molecule has 0 saturated heterocycles. The third-order valence-corrected chi connectivity index (χ3v) is 7.75. The zero-order valence-corrected chi connectivity index (χ0v) is 20.0. The van der Waals surface area contributed by atoms with Crippen LogP contribution in [-0.2, 0) is 12.8 Å². The van der Waals surface area contributed by atoms with Crippen LogP contribution in [0.5, 0.6) is 5.75 Å². The van der Waals surface area contributed by atoms with Crippen LogP contribution in [0.4, 0.5) is 26.3 Å². The zero-order chi connectivity index (χ0) is 25.2. The molecule has 192 valence electrons. The summed E-state index contributed by atoms with van der Waals surface area (Å²) >= 11 is 0. The lowest BCUT2D eigenvalue weighted by atomic mass is 9.75. The van der Waals surface area contributed by atoms with Crippen LogP contribution in [0.3, 0.4) is 0 Å². The highest BCUT2D eigenvalue weighted by atomic mass is 19.4. The van der Waals surface area contributed by atoms with E-state index in [1.165, 1.54) is 37.8 Å². The molecule has 2 aliphatic rings. The molecule has 0 bridgehead atoms. The van der Waals surface area contributed by atoms with Crippen LogP contribution in [0, 0.1) is 23.4 Å². The summed E-state index contributed by atoms with van der Waals surface area (Å²) in [6, 6.07) is 4.95. The summed E-state index contributed by atoms with van der Waals surface area (Å²) in [4.78, 5) is 0. The zero-order valence-electron chi connectivity index (χ0n) is 20.0. The second kappa shape index (κ2) is 10.8. The van der Waals surface area contributed by atoms with Crippen molar-refractivity contribution >= 4 is 0 Å². The first kappa shape index (κ1) is 25.9. The van der Waals surface area contributed by atoms with Gasteiger partial charge in [0, 0.05) is 5.56 Å². The van der Waals surface area contributed by atoms with Gasteiger partial charge in [-0.15, -0.1) is 13.2 Å². The molecule has 0 aliphatic heterocycles. The number of aryl methyl sites for hydroxylation is 1. The number of fused-ring (bicyclic) bond motifs is 1. The number of benzene rings is 2. The molecule has 0 amide bonds. The van der Waals surface area contributed by atoms with Gasteiger partial charge in [-0.25, -0.2) is 13.2 Å². The van der Waals surface area contributed by atoms with Gasteiger partial charge in [0.15, 0.2) is 11.6 Å². The van der Waals surface area contributed by atoms with Crippen molar-refractivity contribution in [3.05, 3.63) is 64.0 Å². The van der Waals surface area contributed by atoms with E-state index in [4.69, 9.17) is 0 Å². The largest absolute Gasteiger partial charge is 0.573 e. The highest BCUT2D eigenvalue weighted by Gasteiger charge is 2.34. The van der Waals surface area contributed by atoms with Crippen molar-refractivity contribution in [2.45, 2.75) is 95.8 Å². The fourth-order valence-electron chi connectivity index (χ4n) is 5.90. The molecule has 0 radical (unpaired) electrons. The molecule has 1 nitrogen and oxygen atoms in total. The highest BCUT2D eigenvalue weighted by Crippen LogP contribution is 2.42. The van der Waals surface area contributed by atoms with Gasteiger partial charge < -0.3 is 4.74 Å². The molecule has 2 aromatic carbocycles. The van der Waals surface area contributed by atoms with Crippen molar-refractivity contribution in [3.8, 4) is 5.75 Å². The molecular formula is C28H32F6O. The molecule has 35 heavy (non-hydrogen) atoms. The molecule has 0 spiro atoms. The van der Waals surface area contributed by atoms with Gasteiger partial charge in [0.25, 0.3) is 0 Å². The van der Waals surface area contributed by atoms with Crippen molar-refractivity contribution < 1.29 is 31.1 Å². The number of hydrogen-bond acceptors (Lipinski definition) is 1. The standard InChI is InChI=1S/C28H32F6O/c1-2-3-4-5-17-6-8-18(9-7-17)22-14-24(30)27(25(31)15-22)20-11-10-19-16-26(35-28(32,33)34)23(29)13-21(19)12-20/h13-18,20H,2-12H2,1H3. The van der Waals surface area contributed by atoms with E-state index in [2.05, 4.69) is 11.7 Å². The first-order valence-corrected chi connectivity index (χ1v) is 12.7. The van der Waals surface area contributed by atoms with Crippen molar-refractivity contribution in [3.63, 3.8) is 0 Å². The molecule has 4 rings (SSSR count). The van der Waals surface area contributed by atoms with Crippen LogP contribution >= 0.6 is 0 Å². The molecule has 1 fully saturated rings. The van der Waals surface area contributed by atoms with E-state index in [9.17, 15) is 17.6 Å². The van der Waals surface area contributed by atoms with Crippen LogP contribution < -0.4 is 4.74 Å². The molecular weight excluding hydrogens is 466 g/mol. The Balaban J connectivity index is 1.45. The van der Waals surface area contributed by atoms with Crippen LogP contribution in [0.15, 0.2) is 24.3 Å². The van der Waals surface area contributed by atoms with Crippen molar-refractivity contribution in [2.75, 3.05) is 0 Å². The van der Waals surface area contributed by atoms with Gasteiger partial charge in [-0.1, -0.05) is 32.6 Å². The molecule has 0 aromatic heterocycles. The Bertz CT molecular complexity index is 1000. The van der Waals surface area contributed by atoms with Gasteiger partial charge >= 0.3 is 6.36 Å². The number of unbranched alkanes of at least 4 members (excludes halogenated alkanes) is 2. The summed E-state index contributed by atoms with van der Waals surface area (Å²) < 4.78 is 85.8. The van der Waals surface area contributed by atoms with Gasteiger partial charge in [-0.05, 0) is 104 Å². The lowest BCUT2D eigenvalue weighted by Gasteiger charge is -2.30. The summed E-state index contributed by atoms with van der Waals surface area (Å²) in [6.45, 7) is 2.19. The normalized spacial score (nSPS) is 22.7. The second-order valence-corrected chi connectivity index (χ2v) is 10.2. The number of alkyl halides is 3. The SMILES string of the molecule is CCCCCC1CCC(c2cc(F)c(C3CCc4cc(OC(F)(F)F)c(F)cc4C3)c(F)c2)CC1.